The molecule has 0 radical (unpaired) electrons. The zero-order valence-electron chi connectivity index (χ0n) is 9.92. The molecule has 17 heavy (non-hydrogen) atoms. The van der Waals surface area contributed by atoms with Crippen LogP contribution >= 0.6 is 0 Å². The van der Waals surface area contributed by atoms with Gasteiger partial charge in [-0.2, -0.15) is 0 Å². The zero-order valence-corrected chi connectivity index (χ0v) is 9.92. The Kier molecular flexibility index (Phi) is 3.08. The molecule has 1 unspecified atom stereocenters. The molecular formula is C12H15N3O2. The number of aryl methyl sites for hydroxylation is 1. The number of fused-ring (bicyclic) bond motifs is 1. The molecule has 2 aromatic heterocycles. The Hall–Kier alpha value is -1.91. The summed E-state index contributed by atoms with van der Waals surface area (Å²) >= 11 is 0. The van der Waals surface area contributed by atoms with Crippen LogP contribution in [0.1, 0.15) is 19.2 Å². The van der Waals surface area contributed by atoms with Gasteiger partial charge >= 0.3 is 5.97 Å². The summed E-state index contributed by atoms with van der Waals surface area (Å²) in [7, 11) is 1.93. The summed E-state index contributed by atoms with van der Waals surface area (Å²) in [6, 6.07) is 3.83. The van der Waals surface area contributed by atoms with Gasteiger partial charge < -0.3 is 9.67 Å². The van der Waals surface area contributed by atoms with Gasteiger partial charge in [-0.05, 0) is 18.1 Å². The Labute approximate surface area is 99.1 Å². The molecule has 0 spiro atoms. The van der Waals surface area contributed by atoms with Crippen LogP contribution in [0.2, 0.25) is 0 Å². The molecular weight excluding hydrogens is 218 g/mol. The molecule has 5 heteroatoms. The van der Waals surface area contributed by atoms with Crippen molar-refractivity contribution in [2.75, 3.05) is 0 Å². The number of aliphatic carboxylic acids is 1. The monoisotopic (exact) mass is 233 g/mol. The summed E-state index contributed by atoms with van der Waals surface area (Å²) in [6.45, 7) is 1.92. The van der Waals surface area contributed by atoms with Crippen molar-refractivity contribution in [3.63, 3.8) is 0 Å². The molecule has 2 aromatic rings. The van der Waals surface area contributed by atoms with Gasteiger partial charge in [-0.15, -0.1) is 0 Å². The van der Waals surface area contributed by atoms with Crippen LogP contribution in [0.3, 0.4) is 0 Å². The van der Waals surface area contributed by atoms with Crippen molar-refractivity contribution in [1.29, 1.82) is 0 Å². The fourth-order valence-corrected chi connectivity index (χ4v) is 1.94. The minimum absolute atomic E-state index is 0.0722. The van der Waals surface area contributed by atoms with E-state index in [4.69, 9.17) is 5.11 Å². The lowest BCUT2D eigenvalue weighted by Gasteiger charge is -2.08. The first-order valence-corrected chi connectivity index (χ1v) is 5.56. The molecule has 0 aromatic carbocycles. The average Bonchev–Trinajstić information content (AvgIpc) is 2.55. The van der Waals surface area contributed by atoms with Gasteiger partial charge in [0.25, 0.3) is 0 Å². The number of aromatic nitrogens is 3. The number of pyridine rings is 1. The van der Waals surface area contributed by atoms with E-state index in [1.54, 1.807) is 6.20 Å². The van der Waals surface area contributed by atoms with E-state index >= 15 is 0 Å². The highest BCUT2D eigenvalue weighted by molar-refractivity contribution is 5.71. The molecule has 2 heterocycles. The molecule has 0 amide bonds. The molecule has 0 aliphatic heterocycles. The standard InChI is InChI=1S/C12H15N3O2/c1-8(7-11(16)17)6-10-14-12-9(15(10)2)4-3-5-13-12/h3-5,8H,6-7H2,1-2H3,(H,16,17). The van der Waals surface area contributed by atoms with E-state index in [0.717, 1.165) is 11.3 Å². The molecule has 0 saturated carbocycles. The van der Waals surface area contributed by atoms with Crippen molar-refractivity contribution in [1.82, 2.24) is 14.5 Å². The van der Waals surface area contributed by atoms with Crippen LogP contribution in [0.15, 0.2) is 18.3 Å². The van der Waals surface area contributed by atoms with Crippen LogP contribution in [0.5, 0.6) is 0 Å². The molecule has 1 atom stereocenters. The third-order valence-electron chi connectivity index (χ3n) is 2.80. The van der Waals surface area contributed by atoms with Gasteiger partial charge in [-0.1, -0.05) is 6.92 Å². The topological polar surface area (TPSA) is 68.0 Å². The lowest BCUT2D eigenvalue weighted by Crippen LogP contribution is -2.10. The van der Waals surface area contributed by atoms with E-state index in [-0.39, 0.29) is 12.3 Å². The Morgan fingerprint density at radius 2 is 2.35 bits per heavy atom. The van der Waals surface area contributed by atoms with Gasteiger partial charge in [0.2, 0.25) is 0 Å². The van der Waals surface area contributed by atoms with Gasteiger partial charge in [-0.3, -0.25) is 4.79 Å². The second kappa shape index (κ2) is 4.53. The number of imidazole rings is 1. The number of carboxylic acid groups (broad SMARTS) is 1. The van der Waals surface area contributed by atoms with Crippen LogP contribution < -0.4 is 0 Å². The number of hydrogen-bond acceptors (Lipinski definition) is 3. The van der Waals surface area contributed by atoms with E-state index in [1.807, 2.05) is 30.7 Å². The SMILES string of the molecule is CC(CC(=O)O)Cc1nc2ncccc2n1C. The van der Waals surface area contributed by atoms with Crippen LogP contribution in [-0.4, -0.2) is 25.6 Å². The second-order valence-corrected chi connectivity index (χ2v) is 4.34. The summed E-state index contributed by atoms with van der Waals surface area (Å²) in [5, 5.41) is 8.73. The van der Waals surface area contributed by atoms with Crippen molar-refractivity contribution in [2.24, 2.45) is 13.0 Å². The first kappa shape index (κ1) is 11.6. The molecule has 0 saturated heterocycles. The van der Waals surface area contributed by atoms with Crippen molar-refractivity contribution in [3.05, 3.63) is 24.2 Å². The van der Waals surface area contributed by atoms with E-state index < -0.39 is 5.97 Å². The number of carboxylic acids is 1. The van der Waals surface area contributed by atoms with Gasteiger partial charge in [0.1, 0.15) is 5.82 Å². The average molecular weight is 233 g/mol. The maximum atomic E-state index is 10.6. The second-order valence-electron chi connectivity index (χ2n) is 4.34. The molecule has 0 aliphatic carbocycles. The quantitative estimate of drug-likeness (QED) is 0.871. The van der Waals surface area contributed by atoms with Crippen LogP contribution in [0.4, 0.5) is 0 Å². The summed E-state index contributed by atoms with van der Waals surface area (Å²) in [5.41, 5.74) is 1.69. The highest BCUT2D eigenvalue weighted by Crippen LogP contribution is 2.16. The highest BCUT2D eigenvalue weighted by Gasteiger charge is 2.14. The highest BCUT2D eigenvalue weighted by atomic mass is 16.4. The Morgan fingerprint density at radius 3 is 3.00 bits per heavy atom. The summed E-state index contributed by atoms with van der Waals surface area (Å²) < 4.78 is 1.97. The fraction of sp³-hybridized carbons (Fsp3) is 0.417. The van der Waals surface area contributed by atoms with E-state index in [2.05, 4.69) is 9.97 Å². The molecule has 0 bridgehead atoms. The molecule has 1 N–H and O–H groups in total. The molecule has 0 fully saturated rings. The van der Waals surface area contributed by atoms with E-state index in [9.17, 15) is 4.79 Å². The van der Waals surface area contributed by atoms with Crippen molar-refractivity contribution < 1.29 is 9.90 Å². The maximum Gasteiger partial charge on any atom is 0.303 e. The molecule has 90 valence electrons. The first-order valence-electron chi connectivity index (χ1n) is 5.56. The normalized spacial score (nSPS) is 12.8. The minimum atomic E-state index is -0.769. The lowest BCUT2D eigenvalue weighted by molar-refractivity contribution is -0.137. The van der Waals surface area contributed by atoms with Crippen LogP contribution in [-0.2, 0) is 18.3 Å². The minimum Gasteiger partial charge on any atom is -0.481 e. The van der Waals surface area contributed by atoms with Crippen molar-refractivity contribution in [2.45, 2.75) is 19.8 Å². The van der Waals surface area contributed by atoms with Gasteiger partial charge in [0.15, 0.2) is 5.65 Å². The Bertz CT molecular complexity index is 548. The largest absolute Gasteiger partial charge is 0.481 e. The van der Waals surface area contributed by atoms with Crippen LogP contribution in [0, 0.1) is 5.92 Å². The van der Waals surface area contributed by atoms with Crippen molar-refractivity contribution in [3.8, 4) is 0 Å². The van der Waals surface area contributed by atoms with Gasteiger partial charge in [0, 0.05) is 26.1 Å². The van der Waals surface area contributed by atoms with Crippen molar-refractivity contribution >= 4 is 17.1 Å². The molecule has 2 rings (SSSR count). The first-order chi connectivity index (χ1) is 8.08. The predicted molar refractivity (Wildman–Crippen MR) is 63.6 cm³/mol. The zero-order chi connectivity index (χ0) is 12.4. The van der Waals surface area contributed by atoms with Gasteiger partial charge in [-0.25, -0.2) is 9.97 Å². The maximum absolute atomic E-state index is 10.6. The van der Waals surface area contributed by atoms with Gasteiger partial charge in [0.05, 0.1) is 5.52 Å². The number of nitrogens with zero attached hydrogens (tertiary/aromatic N) is 3. The fourth-order valence-electron chi connectivity index (χ4n) is 1.94. The Balaban J connectivity index is 2.24. The third-order valence-corrected chi connectivity index (χ3v) is 2.80. The van der Waals surface area contributed by atoms with Crippen LogP contribution in [0.25, 0.3) is 11.2 Å². The number of carbonyl (C=O) groups is 1. The van der Waals surface area contributed by atoms with E-state index in [0.29, 0.717) is 12.1 Å². The molecule has 0 aliphatic rings. The molecule has 5 nitrogen and oxygen atoms in total. The third kappa shape index (κ3) is 2.43. The predicted octanol–water partition coefficient (Wildman–Crippen LogP) is 1.62. The summed E-state index contributed by atoms with van der Waals surface area (Å²) in [4.78, 5) is 19.2. The number of hydrogen-bond donors (Lipinski definition) is 1. The number of rotatable bonds is 4. The Morgan fingerprint density at radius 1 is 1.59 bits per heavy atom. The summed E-state index contributed by atoms with van der Waals surface area (Å²) in [6.07, 6.45) is 2.52. The summed E-state index contributed by atoms with van der Waals surface area (Å²) in [5.74, 6) is 0.185. The smallest absolute Gasteiger partial charge is 0.303 e. The van der Waals surface area contributed by atoms with E-state index in [1.165, 1.54) is 0 Å². The lowest BCUT2D eigenvalue weighted by atomic mass is 10.0.